The summed E-state index contributed by atoms with van der Waals surface area (Å²) in [6.45, 7) is 10.7. The van der Waals surface area contributed by atoms with Gasteiger partial charge in [-0.2, -0.15) is 0 Å². The van der Waals surface area contributed by atoms with Crippen LogP contribution in [0.2, 0.25) is 0 Å². The molecule has 4 nitrogen and oxygen atoms in total. The van der Waals surface area contributed by atoms with E-state index in [0.717, 1.165) is 31.4 Å². The predicted molar refractivity (Wildman–Crippen MR) is 106 cm³/mol. The zero-order chi connectivity index (χ0) is 19.6. The molecule has 0 aromatic rings. The van der Waals surface area contributed by atoms with Crippen LogP contribution in [0.25, 0.3) is 0 Å². The highest BCUT2D eigenvalue weighted by molar-refractivity contribution is 5.91. The second kappa shape index (κ2) is 5.83. The summed E-state index contributed by atoms with van der Waals surface area (Å²) >= 11 is 0. The Morgan fingerprint density at radius 2 is 1.89 bits per heavy atom. The Labute approximate surface area is 162 Å². The van der Waals surface area contributed by atoms with Crippen molar-refractivity contribution in [3.05, 3.63) is 35.6 Å². The molecular formula is C23H32N2O2. The molecule has 146 valence electrons. The Morgan fingerprint density at radius 3 is 2.59 bits per heavy atom. The quantitative estimate of drug-likeness (QED) is 0.738. The van der Waals surface area contributed by atoms with E-state index < -0.39 is 0 Å². The first-order valence-corrected chi connectivity index (χ1v) is 10.3. The molecule has 4 aliphatic rings. The Hall–Kier alpha value is -1.84. The van der Waals surface area contributed by atoms with Crippen LogP contribution in [0.15, 0.2) is 35.6 Å². The molecule has 0 radical (unpaired) electrons. The molecule has 5 atom stereocenters. The second-order valence-corrected chi connectivity index (χ2v) is 10.4. The van der Waals surface area contributed by atoms with Gasteiger partial charge in [0, 0.05) is 28.6 Å². The lowest BCUT2D eigenvalue weighted by atomic mass is 9.53. The van der Waals surface area contributed by atoms with Crippen molar-refractivity contribution in [3.8, 4) is 0 Å². The van der Waals surface area contributed by atoms with Crippen LogP contribution in [0.4, 0.5) is 0 Å². The highest BCUT2D eigenvalue weighted by Gasteiger charge is 2.57. The molecule has 27 heavy (non-hydrogen) atoms. The average molecular weight is 369 g/mol. The number of fused-ring (bicyclic) bond motifs is 5. The van der Waals surface area contributed by atoms with Gasteiger partial charge in [-0.3, -0.25) is 9.59 Å². The van der Waals surface area contributed by atoms with Gasteiger partial charge in [0.15, 0.2) is 0 Å². The highest BCUT2D eigenvalue weighted by Crippen LogP contribution is 2.63. The number of carbonyl (C=O) groups is 2. The zero-order valence-corrected chi connectivity index (χ0v) is 17.2. The van der Waals surface area contributed by atoms with Crippen molar-refractivity contribution in [2.75, 3.05) is 0 Å². The summed E-state index contributed by atoms with van der Waals surface area (Å²) in [5.74, 6) is 1.14. The van der Waals surface area contributed by atoms with Crippen molar-refractivity contribution in [3.63, 3.8) is 0 Å². The molecule has 4 heteroatoms. The number of amides is 2. The lowest BCUT2D eigenvalue weighted by molar-refractivity contribution is -0.130. The van der Waals surface area contributed by atoms with E-state index >= 15 is 0 Å². The van der Waals surface area contributed by atoms with E-state index in [1.165, 1.54) is 5.57 Å². The Morgan fingerprint density at radius 1 is 1.15 bits per heavy atom. The molecule has 0 unspecified atom stereocenters. The minimum absolute atomic E-state index is 0.0288. The molecule has 0 bridgehead atoms. The zero-order valence-electron chi connectivity index (χ0n) is 17.2. The molecule has 2 fully saturated rings. The number of carbonyl (C=O) groups excluding carboxylic acids is 2. The van der Waals surface area contributed by atoms with Gasteiger partial charge < -0.3 is 10.6 Å². The number of hydrogen-bond donors (Lipinski definition) is 2. The molecule has 2 saturated carbocycles. The molecular weight excluding hydrogens is 336 g/mol. The van der Waals surface area contributed by atoms with Crippen molar-refractivity contribution in [1.29, 1.82) is 0 Å². The van der Waals surface area contributed by atoms with E-state index in [0.29, 0.717) is 11.8 Å². The largest absolute Gasteiger partial charge is 0.351 e. The van der Waals surface area contributed by atoms with Crippen LogP contribution in [0.1, 0.15) is 60.3 Å². The Balaban J connectivity index is 1.65. The third-order valence-corrected chi connectivity index (χ3v) is 7.51. The third-order valence-electron chi connectivity index (χ3n) is 7.51. The summed E-state index contributed by atoms with van der Waals surface area (Å²) in [5.41, 5.74) is 2.21. The van der Waals surface area contributed by atoms with Gasteiger partial charge in [0.1, 0.15) is 0 Å². The molecule has 0 spiro atoms. The minimum Gasteiger partial charge on any atom is -0.351 e. The maximum Gasteiger partial charge on any atom is 0.247 e. The van der Waals surface area contributed by atoms with Crippen LogP contribution in [0, 0.1) is 28.6 Å². The lowest BCUT2D eigenvalue weighted by Crippen LogP contribution is -2.51. The first kappa shape index (κ1) is 18.5. The van der Waals surface area contributed by atoms with Crippen LogP contribution in [0.5, 0.6) is 0 Å². The number of allylic oxidation sites excluding steroid dienone is 4. The molecule has 1 heterocycles. The van der Waals surface area contributed by atoms with E-state index in [9.17, 15) is 9.59 Å². The summed E-state index contributed by atoms with van der Waals surface area (Å²) in [4.78, 5) is 24.8. The molecule has 3 aliphatic carbocycles. The predicted octanol–water partition coefficient (Wildman–Crippen LogP) is 3.86. The summed E-state index contributed by atoms with van der Waals surface area (Å²) in [6.07, 6.45) is 12.3. The normalized spacial score (nSPS) is 40.2. The summed E-state index contributed by atoms with van der Waals surface area (Å²) < 4.78 is 0. The monoisotopic (exact) mass is 368 g/mol. The highest BCUT2D eigenvalue weighted by atomic mass is 16.2. The van der Waals surface area contributed by atoms with Crippen molar-refractivity contribution in [1.82, 2.24) is 10.6 Å². The molecule has 4 rings (SSSR count). The third kappa shape index (κ3) is 2.79. The first-order valence-electron chi connectivity index (χ1n) is 10.3. The van der Waals surface area contributed by atoms with Gasteiger partial charge in [0.05, 0.1) is 0 Å². The molecule has 0 saturated heterocycles. The SMILES string of the molecule is CC(C)(C)NC(=O)[C@H]1CC[C@H]2C3=CC=C4NC(=O)C=C[C@]4(C)[C@H]3CC[C@]12C. The molecule has 0 aromatic heterocycles. The van der Waals surface area contributed by atoms with Crippen LogP contribution < -0.4 is 10.6 Å². The minimum atomic E-state index is -0.191. The maximum atomic E-state index is 13.0. The summed E-state index contributed by atoms with van der Waals surface area (Å²) in [6, 6.07) is 0. The van der Waals surface area contributed by atoms with Crippen molar-refractivity contribution in [2.45, 2.75) is 65.8 Å². The fourth-order valence-electron chi connectivity index (χ4n) is 6.11. The van der Waals surface area contributed by atoms with Crippen LogP contribution in [0.3, 0.4) is 0 Å². The van der Waals surface area contributed by atoms with Gasteiger partial charge in [-0.05, 0) is 76.7 Å². The van der Waals surface area contributed by atoms with Gasteiger partial charge in [0.2, 0.25) is 11.8 Å². The van der Waals surface area contributed by atoms with E-state index in [-0.39, 0.29) is 34.1 Å². The second-order valence-electron chi connectivity index (χ2n) is 10.4. The van der Waals surface area contributed by atoms with E-state index in [1.807, 2.05) is 0 Å². The Kier molecular flexibility index (Phi) is 4.00. The number of nitrogens with one attached hydrogen (secondary N) is 2. The van der Waals surface area contributed by atoms with Crippen molar-refractivity contribution in [2.24, 2.45) is 28.6 Å². The van der Waals surface area contributed by atoms with Crippen molar-refractivity contribution >= 4 is 11.8 Å². The fraction of sp³-hybridized carbons (Fsp3) is 0.652. The van der Waals surface area contributed by atoms with Gasteiger partial charge in [-0.25, -0.2) is 0 Å². The average Bonchev–Trinajstić information content (AvgIpc) is 2.91. The topological polar surface area (TPSA) is 58.2 Å². The van der Waals surface area contributed by atoms with Gasteiger partial charge in [-0.15, -0.1) is 0 Å². The van der Waals surface area contributed by atoms with E-state index in [1.54, 1.807) is 6.08 Å². The maximum absolute atomic E-state index is 13.0. The van der Waals surface area contributed by atoms with Crippen LogP contribution >= 0.6 is 0 Å². The van der Waals surface area contributed by atoms with Crippen LogP contribution in [-0.2, 0) is 9.59 Å². The number of rotatable bonds is 1. The summed E-state index contributed by atoms with van der Waals surface area (Å²) in [7, 11) is 0. The summed E-state index contributed by atoms with van der Waals surface area (Å²) in [5, 5.41) is 6.26. The standard InChI is InChI=1S/C23H32N2O2/c1-21(2,3)25-20(27)17-8-7-15-14-6-9-18-23(5,13-11-19(26)24-18)16(14)10-12-22(15,17)4/h6,9,11,13,15-17H,7-8,10,12H2,1-5H3,(H,24,26)(H,25,27)/t15-,16-,17+,22-,23+/m0/s1. The first-order chi connectivity index (χ1) is 12.5. The molecule has 2 N–H and O–H groups in total. The van der Waals surface area contributed by atoms with Crippen molar-refractivity contribution < 1.29 is 9.59 Å². The molecule has 2 amide bonds. The van der Waals surface area contributed by atoms with Gasteiger partial charge in [0.25, 0.3) is 0 Å². The fourth-order valence-corrected chi connectivity index (χ4v) is 6.11. The van der Waals surface area contributed by atoms with Gasteiger partial charge >= 0.3 is 0 Å². The number of hydrogen-bond acceptors (Lipinski definition) is 2. The Bertz CT molecular complexity index is 785. The molecule has 0 aromatic carbocycles. The van der Waals surface area contributed by atoms with Crippen LogP contribution in [-0.4, -0.2) is 17.4 Å². The van der Waals surface area contributed by atoms with E-state index in [4.69, 9.17) is 0 Å². The molecule has 1 aliphatic heterocycles. The van der Waals surface area contributed by atoms with E-state index in [2.05, 4.69) is 63.5 Å². The smallest absolute Gasteiger partial charge is 0.247 e. The lowest BCUT2D eigenvalue weighted by Gasteiger charge is -2.52. The van der Waals surface area contributed by atoms with Gasteiger partial charge in [-0.1, -0.05) is 24.6 Å².